The van der Waals surface area contributed by atoms with Gasteiger partial charge in [-0.05, 0) is 12.1 Å². The highest BCUT2D eigenvalue weighted by molar-refractivity contribution is 6.31. The monoisotopic (exact) mass is 262 g/mol. The van der Waals surface area contributed by atoms with E-state index in [1.54, 1.807) is 0 Å². The number of hydrogen-bond donors (Lipinski definition) is 0. The van der Waals surface area contributed by atoms with Gasteiger partial charge in [-0.25, -0.2) is 8.78 Å². The molecule has 0 amide bonds. The Hall–Kier alpha value is -1.49. The standard InChI is InChI=1S/C11H9ClF2O3/c1-6(15)17-5-4-9(16)7-2-3-8(13)10(12)11(7)14/h2-3H,4-5H2,1H3. The van der Waals surface area contributed by atoms with E-state index in [4.69, 9.17) is 11.6 Å². The number of halogens is 3. The molecule has 6 heteroatoms. The molecule has 1 aromatic carbocycles. The molecule has 92 valence electrons. The number of ether oxygens (including phenoxy) is 1. The predicted octanol–water partition coefficient (Wildman–Crippen LogP) is 2.75. The summed E-state index contributed by atoms with van der Waals surface area (Å²) in [4.78, 5) is 21.9. The lowest BCUT2D eigenvalue weighted by Crippen LogP contribution is -2.09. The Balaban J connectivity index is 2.76. The van der Waals surface area contributed by atoms with Crippen molar-refractivity contribution in [2.24, 2.45) is 0 Å². The van der Waals surface area contributed by atoms with Crippen molar-refractivity contribution in [3.63, 3.8) is 0 Å². The highest BCUT2D eigenvalue weighted by Gasteiger charge is 2.17. The van der Waals surface area contributed by atoms with Crippen LogP contribution in [-0.2, 0) is 9.53 Å². The van der Waals surface area contributed by atoms with Crippen LogP contribution in [0.25, 0.3) is 0 Å². The highest BCUT2D eigenvalue weighted by Crippen LogP contribution is 2.22. The van der Waals surface area contributed by atoms with Crippen molar-refractivity contribution in [3.05, 3.63) is 34.4 Å². The summed E-state index contributed by atoms with van der Waals surface area (Å²) in [5.41, 5.74) is -0.316. The van der Waals surface area contributed by atoms with Crippen LogP contribution < -0.4 is 0 Å². The summed E-state index contributed by atoms with van der Waals surface area (Å²) >= 11 is 5.32. The molecule has 1 rings (SSSR count). The van der Waals surface area contributed by atoms with Gasteiger partial charge >= 0.3 is 5.97 Å². The van der Waals surface area contributed by atoms with E-state index in [0.29, 0.717) is 0 Å². The van der Waals surface area contributed by atoms with Gasteiger partial charge in [0.2, 0.25) is 0 Å². The second-order valence-corrected chi connectivity index (χ2v) is 3.61. The molecule has 3 nitrogen and oxygen atoms in total. The van der Waals surface area contributed by atoms with Gasteiger partial charge in [0.25, 0.3) is 0 Å². The number of rotatable bonds is 4. The molecule has 0 N–H and O–H groups in total. The summed E-state index contributed by atoms with van der Waals surface area (Å²) in [6.45, 7) is 1.04. The van der Waals surface area contributed by atoms with E-state index >= 15 is 0 Å². The average molecular weight is 263 g/mol. The third-order valence-electron chi connectivity index (χ3n) is 1.97. The van der Waals surface area contributed by atoms with Crippen molar-refractivity contribution in [2.75, 3.05) is 6.61 Å². The van der Waals surface area contributed by atoms with Crippen LogP contribution >= 0.6 is 11.6 Å². The molecule has 0 aromatic heterocycles. The summed E-state index contributed by atoms with van der Waals surface area (Å²) in [7, 11) is 0. The zero-order valence-electron chi connectivity index (χ0n) is 8.93. The molecule has 0 atom stereocenters. The first kappa shape index (κ1) is 13.6. The summed E-state index contributed by atoms with van der Waals surface area (Å²) in [6.07, 6.45) is -0.182. The number of hydrogen-bond acceptors (Lipinski definition) is 3. The topological polar surface area (TPSA) is 43.4 Å². The van der Waals surface area contributed by atoms with Crippen LogP contribution in [0.2, 0.25) is 5.02 Å². The zero-order valence-corrected chi connectivity index (χ0v) is 9.68. The molecule has 0 radical (unpaired) electrons. The van der Waals surface area contributed by atoms with Crippen LogP contribution in [0.4, 0.5) is 8.78 Å². The molecule has 0 aliphatic heterocycles. The minimum absolute atomic E-state index is 0.150. The summed E-state index contributed by atoms with van der Waals surface area (Å²) in [5, 5.41) is -0.719. The van der Waals surface area contributed by atoms with Crippen LogP contribution in [0.5, 0.6) is 0 Å². The Morgan fingerprint density at radius 2 is 2.00 bits per heavy atom. The van der Waals surface area contributed by atoms with Gasteiger partial charge in [0.05, 0.1) is 12.2 Å². The lowest BCUT2D eigenvalue weighted by atomic mass is 10.1. The van der Waals surface area contributed by atoms with Crippen molar-refractivity contribution in [3.8, 4) is 0 Å². The third-order valence-corrected chi connectivity index (χ3v) is 2.32. The van der Waals surface area contributed by atoms with E-state index in [9.17, 15) is 18.4 Å². The Kier molecular flexibility index (Phi) is 4.57. The SMILES string of the molecule is CC(=O)OCCC(=O)c1ccc(F)c(Cl)c1F. The first-order chi connectivity index (χ1) is 7.93. The van der Waals surface area contributed by atoms with Crippen molar-refractivity contribution < 1.29 is 23.1 Å². The van der Waals surface area contributed by atoms with Crippen molar-refractivity contribution in [1.82, 2.24) is 0 Å². The van der Waals surface area contributed by atoms with Crippen LogP contribution in [0.3, 0.4) is 0 Å². The minimum Gasteiger partial charge on any atom is -0.465 e. The summed E-state index contributed by atoms with van der Waals surface area (Å²) < 4.78 is 30.8. The highest BCUT2D eigenvalue weighted by atomic mass is 35.5. The zero-order chi connectivity index (χ0) is 13.0. The van der Waals surface area contributed by atoms with Gasteiger partial charge in [0.1, 0.15) is 10.8 Å². The van der Waals surface area contributed by atoms with Crippen LogP contribution in [0.1, 0.15) is 23.7 Å². The van der Waals surface area contributed by atoms with Crippen LogP contribution in [0.15, 0.2) is 12.1 Å². The number of benzene rings is 1. The van der Waals surface area contributed by atoms with Gasteiger partial charge in [-0.15, -0.1) is 0 Å². The molecule has 0 saturated heterocycles. The Bertz CT molecular complexity index is 460. The average Bonchev–Trinajstić information content (AvgIpc) is 2.25. The van der Waals surface area contributed by atoms with Gasteiger partial charge in [0.15, 0.2) is 11.6 Å². The second-order valence-electron chi connectivity index (χ2n) is 3.24. The molecule has 0 saturated carbocycles. The van der Waals surface area contributed by atoms with E-state index in [1.165, 1.54) is 6.92 Å². The number of esters is 1. The van der Waals surface area contributed by atoms with Gasteiger partial charge in [-0.1, -0.05) is 11.6 Å². The van der Waals surface area contributed by atoms with E-state index < -0.39 is 28.4 Å². The molecule has 0 aliphatic carbocycles. The summed E-state index contributed by atoms with van der Waals surface area (Å²) in [6, 6.07) is 1.91. The van der Waals surface area contributed by atoms with Crippen molar-refractivity contribution >= 4 is 23.4 Å². The smallest absolute Gasteiger partial charge is 0.302 e. The molecule has 0 fully saturated rings. The predicted molar refractivity (Wildman–Crippen MR) is 56.9 cm³/mol. The summed E-state index contributed by atoms with van der Waals surface area (Å²) in [5.74, 6) is -3.17. The number of ketones is 1. The molecule has 0 unspecified atom stereocenters. The molecule has 0 bridgehead atoms. The van der Waals surface area contributed by atoms with E-state index in [0.717, 1.165) is 12.1 Å². The van der Waals surface area contributed by atoms with Crippen LogP contribution in [0, 0.1) is 11.6 Å². The number of carbonyl (C=O) groups is 2. The van der Waals surface area contributed by atoms with Crippen molar-refractivity contribution in [1.29, 1.82) is 0 Å². The fraction of sp³-hybridized carbons (Fsp3) is 0.273. The van der Waals surface area contributed by atoms with E-state index in [2.05, 4.69) is 4.74 Å². The quantitative estimate of drug-likeness (QED) is 0.476. The maximum Gasteiger partial charge on any atom is 0.302 e. The van der Waals surface area contributed by atoms with E-state index in [-0.39, 0.29) is 18.6 Å². The third kappa shape index (κ3) is 3.49. The van der Waals surface area contributed by atoms with Crippen LogP contribution in [-0.4, -0.2) is 18.4 Å². The van der Waals surface area contributed by atoms with E-state index in [1.807, 2.05) is 0 Å². The number of Topliss-reactive ketones (excluding diaryl/α,β-unsaturated/α-hetero) is 1. The molecule has 0 aliphatic rings. The van der Waals surface area contributed by atoms with Gasteiger partial charge in [-0.3, -0.25) is 9.59 Å². The maximum atomic E-state index is 13.4. The first-order valence-corrected chi connectivity index (χ1v) is 5.11. The molecule has 1 aromatic rings. The Labute approximate surface area is 101 Å². The molecule has 0 heterocycles. The van der Waals surface area contributed by atoms with Gasteiger partial charge in [-0.2, -0.15) is 0 Å². The number of carbonyl (C=O) groups excluding carboxylic acids is 2. The minimum atomic E-state index is -1.10. The van der Waals surface area contributed by atoms with Crippen molar-refractivity contribution in [2.45, 2.75) is 13.3 Å². The van der Waals surface area contributed by atoms with Gasteiger partial charge < -0.3 is 4.74 Å². The largest absolute Gasteiger partial charge is 0.465 e. The molecular formula is C11H9ClF2O3. The second kappa shape index (κ2) is 5.72. The first-order valence-electron chi connectivity index (χ1n) is 4.73. The molecular weight excluding hydrogens is 254 g/mol. The lowest BCUT2D eigenvalue weighted by molar-refractivity contribution is -0.140. The fourth-order valence-corrected chi connectivity index (χ4v) is 1.33. The lowest BCUT2D eigenvalue weighted by Gasteiger charge is -2.05. The van der Waals surface area contributed by atoms with Gasteiger partial charge in [0, 0.05) is 13.3 Å². The Morgan fingerprint density at radius 1 is 1.35 bits per heavy atom. The Morgan fingerprint density at radius 3 is 2.59 bits per heavy atom. The normalized spacial score (nSPS) is 10.1. The fourth-order valence-electron chi connectivity index (χ4n) is 1.16. The maximum absolute atomic E-state index is 13.4. The molecule has 17 heavy (non-hydrogen) atoms. The molecule has 0 spiro atoms.